The number of carbonyl (C=O) groups is 1. The summed E-state index contributed by atoms with van der Waals surface area (Å²) in [5.41, 5.74) is 5.18. The summed E-state index contributed by atoms with van der Waals surface area (Å²) in [6.07, 6.45) is 6.62. The van der Waals surface area contributed by atoms with E-state index in [0.717, 1.165) is 85.6 Å². The summed E-state index contributed by atoms with van der Waals surface area (Å²) < 4.78 is 15.0. The lowest BCUT2D eigenvalue weighted by Crippen LogP contribution is -2.36. The van der Waals surface area contributed by atoms with E-state index in [4.69, 9.17) is 4.84 Å². The molecule has 2 aliphatic heterocycles. The Kier molecular flexibility index (Phi) is 7.91. The number of anilines is 2. The van der Waals surface area contributed by atoms with Crippen LogP contribution in [0.4, 0.5) is 15.9 Å². The van der Waals surface area contributed by atoms with Crippen LogP contribution in [0, 0.1) is 18.7 Å². The van der Waals surface area contributed by atoms with Gasteiger partial charge in [-0.05, 0) is 74.9 Å². The summed E-state index contributed by atoms with van der Waals surface area (Å²) in [4.78, 5) is 31.0. The van der Waals surface area contributed by atoms with Gasteiger partial charge in [0.15, 0.2) is 0 Å². The quantitative estimate of drug-likeness (QED) is 0.182. The largest absolute Gasteiger partial charge is 0.362 e. The predicted molar refractivity (Wildman–Crippen MR) is 154 cm³/mol. The van der Waals surface area contributed by atoms with Gasteiger partial charge in [0.1, 0.15) is 23.7 Å². The van der Waals surface area contributed by atoms with Gasteiger partial charge in [-0.25, -0.2) is 14.4 Å². The lowest BCUT2D eigenvalue weighted by Gasteiger charge is -2.33. The fraction of sp³-hybridized carbons (Fsp3) is 0.419. The lowest BCUT2D eigenvalue weighted by molar-refractivity contribution is -0.117. The number of nitrogens with zero attached hydrogens (tertiary/aromatic N) is 5. The first kappa shape index (κ1) is 26.8. The second kappa shape index (κ2) is 11.5. The summed E-state index contributed by atoms with van der Waals surface area (Å²) in [6.45, 7) is 12.3. The molecule has 0 radical (unpaired) electrons. The van der Waals surface area contributed by atoms with Crippen molar-refractivity contribution in [2.45, 2.75) is 59.3 Å². The Morgan fingerprint density at radius 1 is 1.18 bits per heavy atom. The summed E-state index contributed by atoms with van der Waals surface area (Å²) in [5.74, 6) is 1.58. The molecule has 39 heavy (non-hydrogen) atoms. The van der Waals surface area contributed by atoms with Gasteiger partial charge in [0.05, 0.1) is 11.2 Å². The molecule has 0 aliphatic carbocycles. The van der Waals surface area contributed by atoms with Gasteiger partial charge in [-0.2, -0.15) is 0 Å². The molecule has 1 aromatic heterocycles. The van der Waals surface area contributed by atoms with Gasteiger partial charge in [-0.3, -0.25) is 4.79 Å². The van der Waals surface area contributed by atoms with Crippen molar-refractivity contribution in [2.24, 2.45) is 11.1 Å². The molecule has 2 aliphatic rings. The number of carbonyl (C=O) groups excluding carboxylic acids is 1. The molecule has 2 aromatic carbocycles. The fourth-order valence-electron chi connectivity index (χ4n) is 5.66. The second-order valence-electron chi connectivity index (χ2n) is 10.6. The predicted octanol–water partition coefficient (Wildman–Crippen LogP) is 6.79. The van der Waals surface area contributed by atoms with Crippen LogP contribution in [0.1, 0.15) is 57.9 Å². The molecule has 2 saturated heterocycles. The Hall–Kier alpha value is -3.81. The smallest absolute Gasteiger partial charge is 0.227 e. The molecular weight excluding hydrogens is 493 g/mol. The van der Waals surface area contributed by atoms with Crippen molar-refractivity contribution in [2.75, 3.05) is 29.4 Å². The second-order valence-corrected chi connectivity index (χ2v) is 10.6. The average molecular weight is 530 g/mol. The number of halogens is 1. The van der Waals surface area contributed by atoms with E-state index >= 15 is 4.39 Å². The minimum Gasteiger partial charge on any atom is -0.362 e. The van der Waals surface area contributed by atoms with Crippen LogP contribution in [0.3, 0.4) is 0 Å². The monoisotopic (exact) mass is 529 g/mol. The number of aromatic nitrogens is 2. The number of piperidine rings is 1. The van der Waals surface area contributed by atoms with Crippen LogP contribution in [0.5, 0.6) is 0 Å². The normalized spacial score (nSPS) is 16.8. The molecule has 0 atom stereocenters. The molecule has 5 rings (SSSR count). The standard InChI is InChI=1S/C31H36FN5O2/c1-5-7-21(3)39-35-22(4)23-11-14-36(15-12-23)31-27-18-25(32)17-26(30(27)33-19-34-31)24-9-10-28(20(2)16-24)37-13-6-8-29(37)38/h9-10,16-19,23H,3,5-8,11-15H2,1-2,4H3/b35-22+. The Bertz CT molecular complexity index is 1430. The molecule has 8 heteroatoms. The molecule has 2 fully saturated rings. The van der Waals surface area contributed by atoms with Crippen LogP contribution in [-0.4, -0.2) is 41.2 Å². The van der Waals surface area contributed by atoms with E-state index in [2.05, 4.69) is 33.5 Å². The zero-order chi connectivity index (χ0) is 27.5. The first-order valence-electron chi connectivity index (χ1n) is 13.9. The van der Waals surface area contributed by atoms with Gasteiger partial charge in [0, 0.05) is 55.0 Å². The molecule has 3 heterocycles. The average Bonchev–Trinajstić information content (AvgIpc) is 3.36. The third kappa shape index (κ3) is 5.65. The fourth-order valence-corrected chi connectivity index (χ4v) is 5.66. The number of fused-ring (bicyclic) bond motifs is 1. The number of benzene rings is 2. The van der Waals surface area contributed by atoms with Crippen LogP contribution in [0.25, 0.3) is 22.0 Å². The van der Waals surface area contributed by atoms with Gasteiger partial charge in [-0.1, -0.05) is 24.7 Å². The number of hydrogen-bond donors (Lipinski definition) is 0. The maximum atomic E-state index is 15.0. The molecule has 7 nitrogen and oxygen atoms in total. The number of aryl methyl sites for hydroxylation is 1. The van der Waals surface area contributed by atoms with Crippen molar-refractivity contribution < 1.29 is 14.0 Å². The van der Waals surface area contributed by atoms with Crippen molar-refractivity contribution in [1.82, 2.24) is 9.97 Å². The van der Waals surface area contributed by atoms with E-state index in [1.54, 1.807) is 6.33 Å². The highest BCUT2D eigenvalue weighted by atomic mass is 19.1. The van der Waals surface area contributed by atoms with Crippen LogP contribution in [-0.2, 0) is 9.63 Å². The summed E-state index contributed by atoms with van der Waals surface area (Å²) >= 11 is 0. The molecular formula is C31H36FN5O2. The zero-order valence-corrected chi connectivity index (χ0v) is 23.0. The van der Waals surface area contributed by atoms with Crippen molar-refractivity contribution in [3.63, 3.8) is 0 Å². The number of hydrogen-bond acceptors (Lipinski definition) is 6. The minimum atomic E-state index is -0.327. The Morgan fingerprint density at radius 2 is 1.97 bits per heavy atom. The molecule has 3 aromatic rings. The van der Waals surface area contributed by atoms with E-state index < -0.39 is 0 Å². The maximum Gasteiger partial charge on any atom is 0.227 e. The molecule has 204 valence electrons. The number of amides is 1. The van der Waals surface area contributed by atoms with E-state index in [1.165, 1.54) is 12.1 Å². The highest BCUT2D eigenvalue weighted by Gasteiger charge is 2.26. The van der Waals surface area contributed by atoms with E-state index in [-0.39, 0.29) is 11.7 Å². The van der Waals surface area contributed by atoms with Crippen LogP contribution in [0.2, 0.25) is 0 Å². The first-order chi connectivity index (χ1) is 18.9. The Balaban J connectivity index is 1.39. The molecule has 0 N–H and O–H groups in total. The molecule has 0 spiro atoms. The third-order valence-corrected chi connectivity index (χ3v) is 7.79. The van der Waals surface area contributed by atoms with Gasteiger partial charge in [-0.15, -0.1) is 0 Å². The summed E-state index contributed by atoms with van der Waals surface area (Å²) in [6, 6.07) is 9.00. The highest BCUT2D eigenvalue weighted by Crippen LogP contribution is 2.36. The minimum absolute atomic E-state index is 0.152. The maximum absolute atomic E-state index is 15.0. The van der Waals surface area contributed by atoms with Crippen molar-refractivity contribution >= 4 is 34.0 Å². The van der Waals surface area contributed by atoms with Crippen molar-refractivity contribution in [1.29, 1.82) is 0 Å². The van der Waals surface area contributed by atoms with Crippen molar-refractivity contribution in [3.05, 3.63) is 60.4 Å². The SMILES string of the molecule is C=C(CCC)O/N=C(\C)C1CCN(c2ncnc3c(-c4ccc(N5CCCC5=O)c(C)c4)cc(F)cc23)CC1. The van der Waals surface area contributed by atoms with Crippen molar-refractivity contribution in [3.8, 4) is 11.1 Å². The number of rotatable bonds is 8. The number of allylic oxidation sites excluding steroid dienone is 1. The van der Waals surface area contributed by atoms with E-state index in [1.807, 2.05) is 36.9 Å². The molecule has 0 unspecified atom stereocenters. The van der Waals surface area contributed by atoms with Gasteiger partial charge >= 0.3 is 0 Å². The lowest BCUT2D eigenvalue weighted by atomic mass is 9.92. The van der Waals surface area contributed by atoms with Crippen LogP contribution < -0.4 is 9.80 Å². The van der Waals surface area contributed by atoms with E-state index in [9.17, 15) is 4.79 Å². The zero-order valence-electron chi connectivity index (χ0n) is 23.0. The Morgan fingerprint density at radius 3 is 2.67 bits per heavy atom. The first-order valence-corrected chi connectivity index (χ1v) is 13.9. The summed E-state index contributed by atoms with van der Waals surface area (Å²) in [7, 11) is 0. The van der Waals surface area contributed by atoms with Gasteiger partial charge in [0.2, 0.25) is 5.91 Å². The molecule has 1 amide bonds. The number of oxime groups is 1. The van der Waals surface area contributed by atoms with Crippen LogP contribution in [0.15, 0.2) is 54.2 Å². The summed E-state index contributed by atoms with van der Waals surface area (Å²) in [5, 5.41) is 5.02. The Labute approximate surface area is 229 Å². The molecule has 0 saturated carbocycles. The van der Waals surface area contributed by atoms with Gasteiger partial charge in [0.25, 0.3) is 0 Å². The third-order valence-electron chi connectivity index (χ3n) is 7.79. The molecule has 0 bridgehead atoms. The van der Waals surface area contributed by atoms with Gasteiger partial charge < -0.3 is 14.6 Å². The topological polar surface area (TPSA) is 70.9 Å². The van der Waals surface area contributed by atoms with E-state index in [0.29, 0.717) is 29.0 Å². The van der Waals surface area contributed by atoms with Crippen LogP contribution >= 0.6 is 0 Å². The highest BCUT2D eigenvalue weighted by molar-refractivity contribution is 6.00.